The first-order valence-corrected chi connectivity index (χ1v) is 4.92. The van der Waals surface area contributed by atoms with Crippen LogP contribution in [0.4, 0.5) is 0 Å². The maximum absolute atomic E-state index is 5.65. The van der Waals surface area contributed by atoms with Gasteiger partial charge in [0, 0.05) is 11.3 Å². The topological polar surface area (TPSA) is 28.7 Å². The molecule has 13 heavy (non-hydrogen) atoms. The molecule has 0 bridgehead atoms. The summed E-state index contributed by atoms with van der Waals surface area (Å²) in [5.41, 5.74) is 2.45. The zero-order valence-electron chi connectivity index (χ0n) is 7.26. The molecule has 1 N–H and O–H groups in total. The molecule has 0 fully saturated rings. The Bertz CT molecular complexity index is 394. The maximum atomic E-state index is 5.65. The number of nitrogens with zero attached hydrogens (tertiary/aromatic N) is 1. The molecule has 0 amide bonds. The van der Waals surface area contributed by atoms with E-state index in [1.54, 1.807) is 0 Å². The number of hydrogen-bond donors (Lipinski definition) is 1. The van der Waals surface area contributed by atoms with Gasteiger partial charge >= 0.3 is 0 Å². The van der Waals surface area contributed by atoms with Gasteiger partial charge in [-0.15, -0.1) is 11.6 Å². The van der Waals surface area contributed by atoms with Crippen molar-refractivity contribution in [2.75, 3.05) is 5.88 Å². The van der Waals surface area contributed by atoms with Crippen LogP contribution in [0.25, 0.3) is 10.9 Å². The van der Waals surface area contributed by atoms with Crippen LogP contribution in [0.3, 0.4) is 0 Å². The number of aryl methyl sites for hydroxylation is 1. The third kappa shape index (κ3) is 1.68. The summed E-state index contributed by atoms with van der Waals surface area (Å²) < 4.78 is 0. The summed E-state index contributed by atoms with van der Waals surface area (Å²) in [5, 5.41) is 8.19. The lowest BCUT2D eigenvalue weighted by atomic mass is 10.1. The van der Waals surface area contributed by atoms with Crippen molar-refractivity contribution in [2.24, 2.45) is 0 Å². The first-order chi connectivity index (χ1) is 6.42. The Hall–Kier alpha value is -1.02. The maximum Gasteiger partial charge on any atom is 0.0682 e. The van der Waals surface area contributed by atoms with Gasteiger partial charge in [-0.25, -0.2) is 0 Å². The van der Waals surface area contributed by atoms with Crippen molar-refractivity contribution in [3.63, 3.8) is 0 Å². The molecule has 2 nitrogen and oxygen atoms in total. The second-order valence-corrected chi connectivity index (χ2v) is 3.42. The van der Waals surface area contributed by atoms with E-state index < -0.39 is 0 Å². The lowest BCUT2D eigenvalue weighted by Gasteiger charge is -1.99. The molecule has 2 rings (SSSR count). The van der Waals surface area contributed by atoms with Gasteiger partial charge in [0.05, 0.1) is 11.7 Å². The third-order valence-electron chi connectivity index (χ3n) is 2.14. The fourth-order valence-corrected chi connectivity index (χ4v) is 1.63. The number of alkyl halides is 1. The lowest BCUT2D eigenvalue weighted by molar-refractivity contribution is 0.931. The Balaban J connectivity index is 2.37. The molecule has 0 aliphatic rings. The van der Waals surface area contributed by atoms with E-state index in [2.05, 4.69) is 28.4 Å². The molecular weight excluding hydrogens is 184 g/mol. The fraction of sp³-hybridized carbons (Fsp3) is 0.300. The summed E-state index contributed by atoms with van der Waals surface area (Å²) in [7, 11) is 0. The molecule has 0 spiro atoms. The van der Waals surface area contributed by atoms with Gasteiger partial charge in [-0.1, -0.05) is 18.2 Å². The summed E-state index contributed by atoms with van der Waals surface area (Å²) in [6.45, 7) is 0. The SMILES string of the molecule is ClCCCc1cccc2cn[nH]c12. The number of rotatable bonds is 3. The van der Waals surface area contributed by atoms with E-state index in [9.17, 15) is 0 Å². The normalized spacial score (nSPS) is 10.8. The molecule has 1 aromatic carbocycles. The van der Waals surface area contributed by atoms with Gasteiger partial charge in [-0.3, -0.25) is 5.10 Å². The highest BCUT2D eigenvalue weighted by atomic mass is 35.5. The number of aromatic nitrogens is 2. The quantitative estimate of drug-likeness (QED) is 0.748. The van der Waals surface area contributed by atoms with Gasteiger partial charge in [0.25, 0.3) is 0 Å². The van der Waals surface area contributed by atoms with Crippen LogP contribution in [0, 0.1) is 0 Å². The molecule has 0 radical (unpaired) electrons. The average Bonchev–Trinajstić information content (AvgIpc) is 2.62. The third-order valence-corrected chi connectivity index (χ3v) is 2.41. The predicted molar refractivity (Wildman–Crippen MR) is 55.1 cm³/mol. The second-order valence-electron chi connectivity index (χ2n) is 3.04. The highest BCUT2D eigenvalue weighted by Gasteiger charge is 2.01. The van der Waals surface area contributed by atoms with Gasteiger partial charge in [-0.05, 0) is 18.4 Å². The van der Waals surface area contributed by atoms with Crippen molar-refractivity contribution in [3.05, 3.63) is 30.0 Å². The molecule has 2 aromatic rings. The first-order valence-electron chi connectivity index (χ1n) is 4.39. The molecule has 0 saturated heterocycles. The molecule has 1 aromatic heterocycles. The Kier molecular flexibility index (Phi) is 2.50. The van der Waals surface area contributed by atoms with Crippen LogP contribution in [0.2, 0.25) is 0 Å². The molecule has 0 saturated carbocycles. The number of aromatic amines is 1. The van der Waals surface area contributed by atoms with E-state index in [1.807, 2.05) is 6.20 Å². The number of benzene rings is 1. The van der Waals surface area contributed by atoms with Gasteiger partial charge in [-0.2, -0.15) is 5.10 Å². The molecular formula is C10H11ClN2. The molecule has 0 aliphatic carbocycles. The Morgan fingerprint density at radius 3 is 3.15 bits per heavy atom. The Morgan fingerprint density at radius 1 is 1.38 bits per heavy atom. The predicted octanol–water partition coefficient (Wildman–Crippen LogP) is 2.73. The van der Waals surface area contributed by atoms with E-state index in [-0.39, 0.29) is 0 Å². The zero-order valence-corrected chi connectivity index (χ0v) is 8.01. The van der Waals surface area contributed by atoms with E-state index in [4.69, 9.17) is 11.6 Å². The van der Waals surface area contributed by atoms with Gasteiger partial charge in [0.15, 0.2) is 0 Å². The van der Waals surface area contributed by atoms with E-state index >= 15 is 0 Å². The molecule has 3 heteroatoms. The summed E-state index contributed by atoms with van der Waals surface area (Å²) in [5.74, 6) is 0.713. The average molecular weight is 195 g/mol. The number of nitrogens with one attached hydrogen (secondary N) is 1. The summed E-state index contributed by atoms with van der Waals surface area (Å²) >= 11 is 5.65. The van der Waals surface area contributed by atoms with Crippen LogP contribution < -0.4 is 0 Å². The van der Waals surface area contributed by atoms with Gasteiger partial charge in [0.2, 0.25) is 0 Å². The lowest BCUT2D eigenvalue weighted by Crippen LogP contribution is -1.87. The van der Waals surface area contributed by atoms with Gasteiger partial charge in [0.1, 0.15) is 0 Å². The van der Waals surface area contributed by atoms with Crippen LogP contribution in [0.15, 0.2) is 24.4 Å². The Morgan fingerprint density at radius 2 is 2.31 bits per heavy atom. The zero-order chi connectivity index (χ0) is 9.10. The molecule has 0 unspecified atom stereocenters. The molecule has 0 aliphatic heterocycles. The van der Waals surface area contributed by atoms with Gasteiger partial charge < -0.3 is 0 Å². The smallest absolute Gasteiger partial charge is 0.0682 e. The van der Waals surface area contributed by atoms with Crippen LogP contribution in [-0.4, -0.2) is 16.1 Å². The van der Waals surface area contributed by atoms with E-state index in [0.29, 0.717) is 5.88 Å². The van der Waals surface area contributed by atoms with E-state index in [0.717, 1.165) is 18.4 Å². The van der Waals surface area contributed by atoms with Crippen molar-refractivity contribution >= 4 is 22.5 Å². The van der Waals surface area contributed by atoms with Crippen molar-refractivity contribution in [1.82, 2.24) is 10.2 Å². The minimum absolute atomic E-state index is 0.713. The van der Waals surface area contributed by atoms with Crippen molar-refractivity contribution < 1.29 is 0 Å². The number of fused-ring (bicyclic) bond motifs is 1. The molecule has 0 atom stereocenters. The highest BCUT2D eigenvalue weighted by molar-refractivity contribution is 6.17. The standard InChI is InChI=1S/C10H11ClN2/c11-6-2-5-8-3-1-4-9-7-12-13-10(8)9/h1,3-4,7H,2,5-6H2,(H,12,13). The monoisotopic (exact) mass is 194 g/mol. The summed E-state index contributed by atoms with van der Waals surface area (Å²) in [4.78, 5) is 0. The van der Waals surface area contributed by atoms with Crippen LogP contribution in [-0.2, 0) is 6.42 Å². The number of para-hydroxylation sites is 1. The van der Waals surface area contributed by atoms with Crippen molar-refractivity contribution in [2.45, 2.75) is 12.8 Å². The summed E-state index contributed by atoms with van der Waals surface area (Å²) in [6.07, 6.45) is 3.88. The van der Waals surface area contributed by atoms with Crippen LogP contribution in [0.5, 0.6) is 0 Å². The number of hydrogen-bond acceptors (Lipinski definition) is 1. The molecule has 68 valence electrons. The minimum Gasteiger partial charge on any atom is -0.278 e. The van der Waals surface area contributed by atoms with Crippen LogP contribution in [0.1, 0.15) is 12.0 Å². The first kappa shape index (κ1) is 8.57. The Labute approximate surface area is 81.9 Å². The van der Waals surface area contributed by atoms with E-state index in [1.165, 1.54) is 10.9 Å². The largest absolute Gasteiger partial charge is 0.278 e. The number of H-pyrrole nitrogens is 1. The fourth-order valence-electron chi connectivity index (χ4n) is 1.50. The second kappa shape index (κ2) is 3.79. The highest BCUT2D eigenvalue weighted by Crippen LogP contribution is 2.16. The van der Waals surface area contributed by atoms with Crippen LogP contribution >= 0.6 is 11.6 Å². The minimum atomic E-state index is 0.713. The number of halogens is 1. The molecule has 1 heterocycles. The summed E-state index contributed by atoms with van der Waals surface area (Å²) in [6, 6.07) is 6.23. The van der Waals surface area contributed by atoms with Crippen molar-refractivity contribution in [1.29, 1.82) is 0 Å². The van der Waals surface area contributed by atoms with Crippen molar-refractivity contribution in [3.8, 4) is 0 Å².